The summed E-state index contributed by atoms with van der Waals surface area (Å²) in [7, 11) is 0. The minimum atomic E-state index is -0.889. The Hall–Kier alpha value is -3.35. The number of hydrogen-bond acceptors (Lipinski definition) is 4. The molecule has 0 saturated heterocycles. The highest BCUT2D eigenvalue weighted by molar-refractivity contribution is 6.00. The van der Waals surface area contributed by atoms with Gasteiger partial charge in [0.2, 0.25) is 0 Å². The van der Waals surface area contributed by atoms with Gasteiger partial charge in [-0.3, -0.25) is 14.0 Å². The highest BCUT2D eigenvalue weighted by atomic mass is 16.4. The van der Waals surface area contributed by atoms with Crippen LogP contribution in [-0.2, 0) is 10.2 Å². The molecule has 1 saturated carbocycles. The average molecular weight is 491 g/mol. The van der Waals surface area contributed by atoms with Gasteiger partial charge in [0.1, 0.15) is 5.82 Å². The minimum Gasteiger partial charge on any atom is -0.481 e. The van der Waals surface area contributed by atoms with Crippen molar-refractivity contribution < 1.29 is 14.7 Å². The molecule has 0 bridgehead atoms. The first-order valence-electron chi connectivity index (χ1n) is 12.9. The number of imidazole rings is 1. The van der Waals surface area contributed by atoms with Crippen LogP contribution in [0.5, 0.6) is 0 Å². The van der Waals surface area contributed by atoms with E-state index in [-0.39, 0.29) is 29.7 Å². The van der Waals surface area contributed by atoms with Gasteiger partial charge in [-0.1, -0.05) is 58.2 Å². The second-order valence-electron chi connectivity index (χ2n) is 11.1. The molecule has 1 aliphatic rings. The lowest BCUT2D eigenvalue weighted by Gasteiger charge is -2.30. The molecule has 4 rings (SSSR count). The normalized spacial score (nSPS) is 15.6. The van der Waals surface area contributed by atoms with E-state index in [0.29, 0.717) is 11.2 Å². The summed E-state index contributed by atoms with van der Waals surface area (Å²) in [6.07, 6.45) is 7.07. The number of anilines is 2. The fourth-order valence-corrected chi connectivity index (χ4v) is 5.32. The topological polar surface area (TPSA) is 95.7 Å². The van der Waals surface area contributed by atoms with Crippen LogP contribution in [-0.4, -0.2) is 32.4 Å². The quantitative estimate of drug-likeness (QED) is 0.369. The van der Waals surface area contributed by atoms with E-state index in [0.717, 1.165) is 54.0 Å². The van der Waals surface area contributed by atoms with Crippen molar-refractivity contribution >= 4 is 29.0 Å². The first-order valence-corrected chi connectivity index (χ1v) is 12.9. The fourth-order valence-electron chi connectivity index (χ4n) is 5.32. The van der Waals surface area contributed by atoms with Crippen molar-refractivity contribution in [1.29, 1.82) is 0 Å². The summed E-state index contributed by atoms with van der Waals surface area (Å²) < 4.78 is 1.94. The number of fused-ring (bicyclic) bond motifs is 1. The molecule has 1 fully saturated rings. The molecule has 2 aromatic heterocycles. The van der Waals surface area contributed by atoms with E-state index in [2.05, 4.69) is 57.4 Å². The molecule has 3 aromatic rings. The number of amides is 1. The van der Waals surface area contributed by atoms with Gasteiger partial charge in [0.15, 0.2) is 5.65 Å². The molecule has 0 radical (unpaired) electrons. The summed E-state index contributed by atoms with van der Waals surface area (Å²) in [5.41, 5.74) is 4.88. The third-order valence-electron chi connectivity index (χ3n) is 7.26. The summed E-state index contributed by atoms with van der Waals surface area (Å²) in [4.78, 5) is 30.1. The van der Waals surface area contributed by atoms with Gasteiger partial charge in [-0.25, -0.2) is 4.98 Å². The van der Waals surface area contributed by atoms with E-state index in [4.69, 9.17) is 4.98 Å². The van der Waals surface area contributed by atoms with Crippen LogP contribution >= 0.6 is 0 Å². The summed E-state index contributed by atoms with van der Waals surface area (Å²) >= 11 is 0. The molecule has 36 heavy (non-hydrogen) atoms. The molecule has 2 heterocycles. The molecule has 7 heteroatoms. The summed E-state index contributed by atoms with van der Waals surface area (Å²) in [5, 5.41) is 16.2. The molecule has 0 spiro atoms. The van der Waals surface area contributed by atoms with Gasteiger partial charge in [-0.2, -0.15) is 0 Å². The van der Waals surface area contributed by atoms with E-state index >= 15 is 0 Å². The van der Waals surface area contributed by atoms with E-state index in [1.54, 1.807) is 6.07 Å². The molecule has 192 valence electrons. The first kappa shape index (κ1) is 25.7. The molecule has 1 aliphatic carbocycles. The Morgan fingerprint density at radius 2 is 1.75 bits per heavy atom. The Kier molecular flexibility index (Phi) is 7.38. The Balaban J connectivity index is 1.75. The van der Waals surface area contributed by atoms with E-state index in [1.807, 2.05) is 22.7 Å². The largest absolute Gasteiger partial charge is 0.481 e. The van der Waals surface area contributed by atoms with Gasteiger partial charge in [0.05, 0.1) is 17.7 Å². The molecule has 1 atom stereocenters. The molecular formula is C29H38N4O3. The Morgan fingerprint density at radius 3 is 2.36 bits per heavy atom. The standard InChI is InChI=1S/C29H38N4O3/c1-18-11-9-12-19(2)24(18)31-27-25(29(3,4)5)32-26-21(15-10-16-33(26)27)28(36)30-22(17-23(34)35)20-13-7-6-8-14-20/h9-12,15-16,20,22,31H,6-8,13-14,17H2,1-5H3,(H,30,36)(H,34,35). The highest BCUT2D eigenvalue weighted by Gasteiger charge is 2.30. The van der Waals surface area contributed by atoms with Gasteiger partial charge >= 0.3 is 5.97 Å². The molecule has 1 aromatic carbocycles. The summed E-state index contributed by atoms with van der Waals surface area (Å²) in [5.74, 6) is -0.148. The lowest BCUT2D eigenvalue weighted by molar-refractivity contribution is -0.137. The predicted octanol–water partition coefficient (Wildman–Crippen LogP) is 6.15. The van der Waals surface area contributed by atoms with Crippen LogP contribution in [0.3, 0.4) is 0 Å². The number of carboxylic acid groups (broad SMARTS) is 1. The molecule has 3 N–H and O–H groups in total. The van der Waals surface area contributed by atoms with Crippen molar-refractivity contribution in [3.05, 3.63) is 58.9 Å². The summed E-state index contributed by atoms with van der Waals surface area (Å²) in [6, 6.07) is 9.41. The maximum absolute atomic E-state index is 13.6. The molecule has 1 amide bonds. The zero-order chi connectivity index (χ0) is 26.0. The number of para-hydroxylation sites is 1. The van der Waals surface area contributed by atoms with Crippen molar-refractivity contribution in [2.45, 2.75) is 84.6 Å². The minimum absolute atomic E-state index is 0.0689. The van der Waals surface area contributed by atoms with Gasteiger partial charge < -0.3 is 15.7 Å². The lowest BCUT2D eigenvalue weighted by atomic mass is 9.82. The number of aromatic nitrogens is 2. The van der Waals surface area contributed by atoms with Crippen LogP contribution in [0.2, 0.25) is 0 Å². The van der Waals surface area contributed by atoms with E-state index in [9.17, 15) is 14.7 Å². The maximum atomic E-state index is 13.6. The third kappa shape index (κ3) is 5.40. The number of aliphatic carboxylic acids is 1. The number of nitrogens with one attached hydrogen (secondary N) is 2. The monoisotopic (exact) mass is 490 g/mol. The number of carboxylic acids is 1. The van der Waals surface area contributed by atoms with Crippen LogP contribution < -0.4 is 10.6 Å². The van der Waals surface area contributed by atoms with Crippen molar-refractivity contribution in [3.8, 4) is 0 Å². The molecular weight excluding hydrogens is 452 g/mol. The Bertz CT molecular complexity index is 1250. The van der Waals surface area contributed by atoms with Gasteiger partial charge in [0, 0.05) is 23.3 Å². The number of aryl methyl sites for hydroxylation is 2. The maximum Gasteiger partial charge on any atom is 0.305 e. The van der Waals surface area contributed by atoms with Gasteiger partial charge in [-0.05, 0) is 55.9 Å². The zero-order valence-corrected chi connectivity index (χ0v) is 22.0. The average Bonchev–Trinajstić information content (AvgIpc) is 3.20. The molecule has 1 unspecified atom stereocenters. The Labute approximate surface area is 213 Å². The van der Waals surface area contributed by atoms with Gasteiger partial charge in [-0.15, -0.1) is 0 Å². The second kappa shape index (κ2) is 10.3. The van der Waals surface area contributed by atoms with Crippen LogP contribution in [0.4, 0.5) is 11.5 Å². The van der Waals surface area contributed by atoms with E-state index in [1.165, 1.54) is 6.42 Å². The van der Waals surface area contributed by atoms with Crippen molar-refractivity contribution in [2.24, 2.45) is 5.92 Å². The van der Waals surface area contributed by atoms with Gasteiger partial charge in [0.25, 0.3) is 5.91 Å². The number of carbonyl (C=O) groups is 2. The SMILES string of the molecule is Cc1cccc(C)c1Nc1c(C(C)(C)C)nc2c(C(=O)NC(CC(=O)O)C3CCCCC3)cccn12. The van der Waals surface area contributed by atoms with Crippen molar-refractivity contribution in [2.75, 3.05) is 5.32 Å². The van der Waals surface area contributed by atoms with Crippen LogP contribution in [0.15, 0.2) is 36.5 Å². The smallest absolute Gasteiger partial charge is 0.305 e. The van der Waals surface area contributed by atoms with Crippen molar-refractivity contribution in [1.82, 2.24) is 14.7 Å². The predicted molar refractivity (Wildman–Crippen MR) is 143 cm³/mol. The second-order valence-corrected chi connectivity index (χ2v) is 11.1. The zero-order valence-electron chi connectivity index (χ0n) is 22.0. The number of nitrogens with zero attached hydrogens (tertiary/aromatic N) is 2. The highest BCUT2D eigenvalue weighted by Crippen LogP contribution is 2.35. The number of rotatable bonds is 7. The van der Waals surface area contributed by atoms with Crippen LogP contribution in [0.1, 0.15) is 86.5 Å². The first-order chi connectivity index (χ1) is 17.1. The lowest BCUT2D eigenvalue weighted by Crippen LogP contribution is -2.42. The number of benzene rings is 1. The number of pyridine rings is 1. The number of hydrogen-bond donors (Lipinski definition) is 3. The molecule has 0 aliphatic heterocycles. The molecule has 7 nitrogen and oxygen atoms in total. The fraction of sp³-hybridized carbons (Fsp3) is 0.483. The van der Waals surface area contributed by atoms with Crippen LogP contribution in [0.25, 0.3) is 5.65 Å². The Morgan fingerprint density at radius 1 is 1.08 bits per heavy atom. The third-order valence-corrected chi connectivity index (χ3v) is 7.26. The van der Waals surface area contributed by atoms with Crippen LogP contribution in [0, 0.1) is 19.8 Å². The summed E-state index contributed by atoms with van der Waals surface area (Å²) in [6.45, 7) is 10.5. The van der Waals surface area contributed by atoms with E-state index < -0.39 is 5.97 Å². The van der Waals surface area contributed by atoms with Crippen molar-refractivity contribution in [3.63, 3.8) is 0 Å². The number of carbonyl (C=O) groups excluding carboxylic acids is 1.